The highest BCUT2D eigenvalue weighted by atomic mass is 19.3. The Morgan fingerprint density at radius 1 is 0.377 bits per heavy atom. The predicted molar refractivity (Wildman–Crippen MR) is 482 cm³/mol. The minimum Gasteiger partial charge on any atom is -0.497 e. The third kappa shape index (κ3) is 17.2. The first-order chi connectivity index (χ1) is 66.3. The van der Waals surface area contributed by atoms with Crippen molar-refractivity contribution >= 4 is 82.4 Å². The number of pyridine rings is 2. The average Bonchev–Trinajstić information content (AvgIpc) is 1.60. The molecular weight excluding hydrogens is 1790 g/mol. The van der Waals surface area contributed by atoms with Gasteiger partial charge in [-0.15, -0.1) is 0 Å². The van der Waals surface area contributed by atoms with E-state index in [9.17, 15) is 75.1 Å². The van der Waals surface area contributed by atoms with E-state index in [0.29, 0.717) is 92.0 Å². The summed E-state index contributed by atoms with van der Waals surface area (Å²) in [5.41, 5.74) is 9.74. The molecule has 698 valence electrons. The van der Waals surface area contributed by atoms with E-state index < -0.39 is 94.9 Å². The average molecular weight is 1870 g/mol. The Bertz CT molecular complexity index is 6930. The molecule has 0 unspecified atom stereocenters. The molecule has 0 radical (unpaired) electrons. The first kappa shape index (κ1) is 90.9. The largest absolute Gasteiger partial charge is 0.497 e. The summed E-state index contributed by atoms with van der Waals surface area (Å²) in [6, 6.07) is 52.4. The van der Waals surface area contributed by atoms with Crippen LogP contribution >= 0.6 is 0 Å². The topological polar surface area (TPSA) is 457 Å². The fraction of sp³-hybridized carbons (Fsp3) is 0.204. The van der Waals surface area contributed by atoms with Crippen molar-refractivity contribution in [2.75, 3.05) is 40.4 Å². The van der Waals surface area contributed by atoms with Gasteiger partial charge in [0.1, 0.15) is 28.8 Å². The molecule has 4 saturated heterocycles. The van der Waals surface area contributed by atoms with Crippen LogP contribution < -0.4 is 61.5 Å². The van der Waals surface area contributed by atoms with Gasteiger partial charge in [0.15, 0.2) is 33.6 Å². The number of amides is 16. The van der Waals surface area contributed by atoms with Crippen molar-refractivity contribution in [3.8, 4) is 67.8 Å². The Morgan fingerprint density at radius 3 is 1.06 bits per heavy atom. The number of nitrogens with zero attached hydrogens (tertiary/aromatic N) is 10. The summed E-state index contributed by atoms with van der Waals surface area (Å²) < 4.78 is 74.9. The van der Waals surface area contributed by atoms with Crippen LogP contribution in [0.15, 0.2) is 223 Å². The molecule has 0 saturated carbocycles. The molecule has 8 aliphatic heterocycles. The normalized spacial score (nSPS) is 19.2. The van der Waals surface area contributed by atoms with Gasteiger partial charge in [0.2, 0.25) is 0 Å². The minimum atomic E-state index is -3.02. The van der Waals surface area contributed by atoms with E-state index in [2.05, 4.69) is 87.3 Å². The number of aryl methyl sites for hydroxylation is 4. The summed E-state index contributed by atoms with van der Waals surface area (Å²) in [6.07, 6.45) is 6.74. The second kappa shape index (κ2) is 36.4. The van der Waals surface area contributed by atoms with Crippen LogP contribution in [0, 0.1) is 27.7 Å². The molecule has 21 rings (SSSR count). The molecule has 4 fully saturated rings. The molecule has 5 aromatic heterocycles. The Labute approximate surface area is 780 Å². The number of H-pyrrole nitrogens is 1. The number of carbonyl (C=O) groups is 12. The maximum absolute atomic E-state index is 13.2. The van der Waals surface area contributed by atoms with Crippen LogP contribution in [0.25, 0.3) is 55.8 Å². The molecule has 16 amide bonds. The van der Waals surface area contributed by atoms with Crippen molar-refractivity contribution in [1.82, 2.24) is 97.4 Å². The van der Waals surface area contributed by atoms with Gasteiger partial charge in [-0.3, -0.25) is 64.7 Å². The summed E-state index contributed by atoms with van der Waals surface area (Å²) in [4.78, 5) is 176. The van der Waals surface area contributed by atoms with E-state index in [1.807, 2.05) is 75.4 Å². The lowest BCUT2D eigenvalue weighted by atomic mass is 9.88. The zero-order chi connectivity index (χ0) is 97.0. The molecule has 13 heterocycles. The minimum absolute atomic E-state index is 0.0110. The Hall–Kier alpha value is -17.6. The van der Waals surface area contributed by atoms with Gasteiger partial charge >= 0.3 is 37.3 Å². The molecule has 8 aromatic carbocycles. The number of aromatic nitrogens is 7. The highest BCUT2D eigenvalue weighted by molar-refractivity contribution is 6.12. The Balaban J connectivity index is 0.000000122. The van der Waals surface area contributed by atoms with Crippen molar-refractivity contribution in [3.05, 3.63) is 309 Å². The highest BCUT2D eigenvalue weighted by Crippen LogP contribution is 2.42. The molecule has 4 atom stereocenters. The van der Waals surface area contributed by atoms with Crippen molar-refractivity contribution in [2.24, 2.45) is 0 Å². The van der Waals surface area contributed by atoms with Gasteiger partial charge in [-0.05, 0) is 162 Å². The third-order valence-corrected chi connectivity index (χ3v) is 25.1. The first-order valence-electron chi connectivity index (χ1n) is 42.9. The molecule has 36 nitrogen and oxygen atoms in total. The Morgan fingerprint density at radius 2 is 0.725 bits per heavy atom. The molecule has 9 N–H and O–H groups in total. The van der Waals surface area contributed by atoms with E-state index in [0.717, 1.165) is 66.8 Å². The van der Waals surface area contributed by atoms with Crippen LogP contribution in [-0.2, 0) is 67.5 Å². The number of carbonyl (C=O) groups excluding carboxylic acids is 12. The molecule has 138 heavy (non-hydrogen) atoms. The second-order valence-electron chi connectivity index (χ2n) is 33.5. The Kier molecular flexibility index (Phi) is 24.0. The zero-order valence-corrected chi connectivity index (χ0v) is 74.0. The molecule has 13 aromatic rings. The number of nitrogens with one attached hydrogen (secondary N) is 9. The molecular formula is C98H81F4N19O17. The van der Waals surface area contributed by atoms with Crippen LogP contribution in [0.2, 0.25) is 0 Å². The molecule has 0 bridgehead atoms. The number of ether oxygens (including phenoxy) is 4. The predicted octanol–water partition coefficient (Wildman–Crippen LogP) is 11.1. The van der Waals surface area contributed by atoms with E-state index in [1.165, 1.54) is 53.3 Å². The van der Waals surface area contributed by atoms with Gasteiger partial charge in [-0.1, -0.05) is 126 Å². The maximum Gasteiger partial charge on any atom is 0.387 e. The van der Waals surface area contributed by atoms with Gasteiger partial charge in [0, 0.05) is 107 Å². The lowest BCUT2D eigenvalue weighted by molar-refractivity contribution is -0.125. The molecule has 0 aliphatic carbocycles. The number of hydrogen-bond acceptors (Lipinski definition) is 23. The van der Waals surface area contributed by atoms with Crippen LogP contribution in [0.4, 0.5) is 36.7 Å². The summed E-state index contributed by atoms with van der Waals surface area (Å²) in [6.45, 7) is 2.00. The van der Waals surface area contributed by atoms with Crippen LogP contribution in [0.5, 0.6) is 23.0 Å². The number of halogens is 4. The number of imide groups is 4. The van der Waals surface area contributed by atoms with Crippen LogP contribution in [-0.4, -0.2) is 180 Å². The molecule has 8 aliphatic rings. The van der Waals surface area contributed by atoms with Gasteiger partial charge < -0.3 is 64.3 Å². The fourth-order valence-electron chi connectivity index (χ4n) is 18.4. The quantitative estimate of drug-likeness (QED) is 0.0225. The van der Waals surface area contributed by atoms with Gasteiger partial charge in [0.25, 0.3) is 47.3 Å². The van der Waals surface area contributed by atoms with E-state index in [4.69, 9.17) is 14.0 Å². The van der Waals surface area contributed by atoms with Gasteiger partial charge in [-0.25, -0.2) is 39.1 Å². The summed E-state index contributed by atoms with van der Waals surface area (Å²) in [5, 5.41) is 32.1. The smallest absolute Gasteiger partial charge is 0.387 e. The van der Waals surface area contributed by atoms with E-state index in [1.54, 1.807) is 152 Å². The number of rotatable bonds is 22. The van der Waals surface area contributed by atoms with Crippen LogP contribution in [0.3, 0.4) is 0 Å². The lowest BCUT2D eigenvalue weighted by Gasteiger charge is -2.31. The maximum atomic E-state index is 13.2. The molecule has 0 spiro atoms. The SMILES string of the molecule is COc1ccc2c(c1)C(=O)N(C[C@@]1(c3ccc(-c4cnc5ncccc5c4)cc3)NC(=O)NC1=O)C2.COc1ccc2c(c1)C(=O)N(C[C@@]1(c3ccc(-c4ncccn4)cc3)NC(=O)NC1=O)C2.Cc1n[nH]c(C)c1-c1ccc([C@]2(CN3Cc4ccc(OC(F)F)cc4C3=O)NC(=O)NC2=O)cc1.Cc1noc(C)c1-c1ccc([C@]2(CN3Cc4ccc(OC(F)F)cc4C3=O)NC(=O)NC2=O)cc1. The summed E-state index contributed by atoms with van der Waals surface area (Å²) in [7, 11) is 3.08. The van der Waals surface area contributed by atoms with Crippen molar-refractivity contribution < 1.29 is 98.6 Å². The monoisotopic (exact) mass is 1870 g/mol. The number of fused-ring (bicyclic) bond motifs is 5. The van der Waals surface area contributed by atoms with Crippen molar-refractivity contribution in [3.63, 3.8) is 0 Å². The summed E-state index contributed by atoms with van der Waals surface area (Å²) >= 11 is 0. The van der Waals surface area contributed by atoms with Crippen molar-refractivity contribution in [1.29, 1.82) is 0 Å². The number of alkyl halides is 4. The first-order valence-corrected chi connectivity index (χ1v) is 42.9. The number of benzene rings is 8. The van der Waals surface area contributed by atoms with Gasteiger partial charge in [-0.2, -0.15) is 22.7 Å². The van der Waals surface area contributed by atoms with E-state index in [-0.39, 0.29) is 73.7 Å². The fourth-order valence-corrected chi connectivity index (χ4v) is 18.4. The number of aromatic amines is 1. The standard InChI is InChI=1S/C27H21N5O4.C24H21F2N5O4.C24H20F2N4O5.C23H19N5O4/c1-36-21-9-6-18-14-32(24(33)22(18)12-21)15-27(25(34)30-26(35)31-27)20-7-4-16(5-8-20)19-11-17-3-2-10-28-23(17)29-13-19;1-12-19(13(2)30-29-12)14-3-6-16(7-4-14)24(21(33)27-23(34)28-24)11-31-10-15-5-8-17(35-22(25)26)9-18(15)20(31)32;1-12-19(13(2)35-29-12)14-3-6-16(7-4-14)24(21(32)27-23(33)28-24)11-30-10-15-5-8-17(34-22(25)26)9-18(15)20(30)31;1-32-17-8-5-15-12-28(20(29)18(15)11-17)13-23(21(30)26-22(31)27-23)16-6-3-14(4-7-16)19-24-9-2-10-25-19/h2-13H,14-15H2,1H3,(H2,30,31,34,35);3-9,22H,10-11H2,1-2H3,(H,29,30)(H2,27,28,33,34);3-9,22H,10-11H2,1-2H3,(H2,27,28,32,33);2-11H,12-13H2,1H3,(H2,26,27,30,31)/t27-;2*24-;23-/m0000/s1. The second-order valence-corrected chi connectivity index (χ2v) is 33.5. The van der Waals surface area contributed by atoms with Crippen molar-refractivity contribution in [2.45, 2.75) is 89.3 Å². The van der Waals surface area contributed by atoms with E-state index >= 15 is 0 Å². The van der Waals surface area contributed by atoms with Gasteiger partial charge in [0.05, 0.1) is 51.8 Å². The van der Waals surface area contributed by atoms with Crippen LogP contribution in [0.1, 0.15) is 109 Å². The zero-order valence-electron chi connectivity index (χ0n) is 74.0. The number of methoxy groups -OCH3 is 2. The lowest BCUT2D eigenvalue weighted by Crippen LogP contribution is -2.52. The highest BCUT2D eigenvalue weighted by Gasteiger charge is 2.55. The number of urea groups is 4. The third-order valence-electron chi connectivity index (χ3n) is 25.1. The molecule has 40 heteroatoms. The summed E-state index contributed by atoms with van der Waals surface area (Å²) in [5.74, 6) is -1.44. The number of hydrogen-bond donors (Lipinski definition) is 9.